The molecule has 0 aliphatic rings. The van der Waals surface area contributed by atoms with Gasteiger partial charge in [-0.3, -0.25) is 10.1 Å². The van der Waals surface area contributed by atoms with E-state index in [1.807, 2.05) is 30.3 Å². The number of nitrogen functional groups attached to an aromatic ring is 1. The zero-order valence-electron chi connectivity index (χ0n) is 21.7. The Kier molecular flexibility index (Phi) is 10.0. The van der Waals surface area contributed by atoms with Gasteiger partial charge in [0, 0.05) is 19.2 Å². The summed E-state index contributed by atoms with van der Waals surface area (Å²) in [6.07, 6.45) is -1.87. The lowest BCUT2D eigenvalue weighted by Crippen LogP contribution is -2.51. The molecule has 204 valence electrons. The van der Waals surface area contributed by atoms with Crippen LogP contribution in [0.2, 0.25) is 0 Å². The summed E-state index contributed by atoms with van der Waals surface area (Å²) in [5, 5.41) is 25.2. The second-order valence-electron chi connectivity index (χ2n) is 10.2. The summed E-state index contributed by atoms with van der Waals surface area (Å²) in [5.74, 6) is -0.128. The summed E-state index contributed by atoms with van der Waals surface area (Å²) < 4.78 is 33.4. The van der Waals surface area contributed by atoms with Crippen molar-refractivity contribution in [3.05, 3.63) is 64.2 Å². The van der Waals surface area contributed by atoms with Crippen LogP contribution in [0.4, 0.5) is 16.2 Å². The van der Waals surface area contributed by atoms with Crippen molar-refractivity contribution >= 4 is 27.5 Å². The Balaban J connectivity index is 2.39. The van der Waals surface area contributed by atoms with Gasteiger partial charge in [0.25, 0.3) is 5.69 Å². The average molecular weight is 537 g/mol. The first-order chi connectivity index (χ1) is 17.1. The van der Waals surface area contributed by atoms with Gasteiger partial charge in [0.15, 0.2) is 0 Å². The molecule has 37 heavy (non-hydrogen) atoms. The van der Waals surface area contributed by atoms with Gasteiger partial charge in [0.2, 0.25) is 10.0 Å². The highest BCUT2D eigenvalue weighted by atomic mass is 32.2. The maximum Gasteiger partial charge on any atom is 0.407 e. The molecule has 0 aromatic heterocycles. The van der Waals surface area contributed by atoms with Crippen molar-refractivity contribution in [2.45, 2.75) is 63.7 Å². The quantitative estimate of drug-likeness (QED) is 0.223. The molecule has 11 nitrogen and oxygen atoms in total. The molecule has 0 fully saturated rings. The van der Waals surface area contributed by atoms with Crippen molar-refractivity contribution < 1.29 is 28.0 Å². The number of nitrogens with one attached hydrogen (secondary N) is 1. The van der Waals surface area contributed by atoms with E-state index in [-0.39, 0.29) is 36.0 Å². The van der Waals surface area contributed by atoms with E-state index in [0.717, 1.165) is 22.0 Å². The minimum Gasteiger partial charge on any atom is -0.444 e. The number of aliphatic hydroxyl groups excluding tert-OH is 1. The molecule has 0 spiro atoms. The summed E-state index contributed by atoms with van der Waals surface area (Å²) >= 11 is 0. The van der Waals surface area contributed by atoms with E-state index in [9.17, 15) is 28.4 Å². The average Bonchev–Trinajstić information content (AvgIpc) is 2.77. The van der Waals surface area contributed by atoms with Gasteiger partial charge in [-0.05, 0) is 50.8 Å². The lowest BCUT2D eigenvalue weighted by Gasteiger charge is -2.31. The molecule has 2 atom stereocenters. The Labute approximate surface area is 217 Å². The molecule has 0 heterocycles. The fourth-order valence-corrected chi connectivity index (χ4v) is 5.26. The first-order valence-corrected chi connectivity index (χ1v) is 13.3. The molecule has 0 aliphatic carbocycles. The lowest BCUT2D eigenvalue weighted by atomic mass is 10.0. The zero-order valence-corrected chi connectivity index (χ0v) is 22.6. The smallest absolute Gasteiger partial charge is 0.407 e. The van der Waals surface area contributed by atoms with Crippen LogP contribution in [0.1, 0.15) is 40.2 Å². The molecule has 0 saturated heterocycles. The van der Waals surface area contributed by atoms with E-state index >= 15 is 0 Å². The van der Waals surface area contributed by atoms with E-state index in [0.29, 0.717) is 0 Å². The van der Waals surface area contributed by atoms with Crippen LogP contribution in [-0.4, -0.2) is 59.7 Å². The fourth-order valence-electron chi connectivity index (χ4n) is 3.62. The number of nitrogens with zero attached hydrogens (tertiary/aromatic N) is 2. The van der Waals surface area contributed by atoms with Crippen LogP contribution in [0, 0.1) is 16.0 Å². The molecule has 0 unspecified atom stereocenters. The van der Waals surface area contributed by atoms with Crippen molar-refractivity contribution in [1.82, 2.24) is 9.62 Å². The highest BCUT2D eigenvalue weighted by molar-refractivity contribution is 7.89. The van der Waals surface area contributed by atoms with Crippen molar-refractivity contribution in [3.63, 3.8) is 0 Å². The van der Waals surface area contributed by atoms with E-state index in [2.05, 4.69) is 5.32 Å². The maximum atomic E-state index is 13.5. The van der Waals surface area contributed by atoms with E-state index in [1.54, 1.807) is 34.6 Å². The third-order valence-electron chi connectivity index (χ3n) is 5.26. The summed E-state index contributed by atoms with van der Waals surface area (Å²) in [7, 11) is -4.26. The molecule has 4 N–H and O–H groups in total. The van der Waals surface area contributed by atoms with E-state index in [1.165, 1.54) is 6.07 Å². The van der Waals surface area contributed by atoms with Gasteiger partial charge in [0.05, 0.1) is 22.0 Å². The molecule has 0 saturated carbocycles. The van der Waals surface area contributed by atoms with Crippen LogP contribution in [-0.2, 0) is 21.2 Å². The molecule has 2 aromatic carbocycles. The molecular formula is C25H36N4O7S. The van der Waals surface area contributed by atoms with Gasteiger partial charge in [-0.25, -0.2) is 13.2 Å². The van der Waals surface area contributed by atoms with Crippen LogP contribution >= 0.6 is 0 Å². The number of alkyl carbamates (subject to hydrolysis) is 1. The van der Waals surface area contributed by atoms with Crippen LogP contribution in [0.25, 0.3) is 0 Å². The molecule has 0 bridgehead atoms. The Bertz CT molecular complexity index is 1180. The number of sulfonamides is 1. The number of carbonyl (C=O) groups excluding carboxylic acids is 1. The van der Waals surface area contributed by atoms with Gasteiger partial charge in [-0.2, -0.15) is 4.31 Å². The first-order valence-electron chi connectivity index (χ1n) is 11.9. The maximum absolute atomic E-state index is 13.5. The summed E-state index contributed by atoms with van der Waals surface area (Å²) in [5.41, 5.74) is 4.98. The summed E-state index contributed by atoms with van der Waals surface area (Å²) in [6, 6.07) is 11.5. The summed E-state index contributed by atoms with van der Waals surface area (Å²) in [4.78, 5) is 22.8. The first kappa shape index (κ1) is 30.0. The van der Waals surface area contributed by atoms with Gasteiger partial charge >= 0.3 is 6.09 Å². The monoisotopic (exact) mass is 536 g/mol. The number of anilines is 1. The largest absolute Gasteiger partial charge is 0.444 e. The molecule has 2 rings (SSSR count). The Morgan fingerprint density at radius 2 is 1.78 bits per heavy atom. The normalized spacial score (nSPS) is 13.8. The molecule has 2 aromatic rings. The predicted octanol–water partition coefficient (Wildman–Crippen LogP) is 3.32. The number of hydrogen-bond acceptors (Lipinski definition) is 8. The number of hydrogen-bond donors (Lipinski definition) is 3. The van der Waals surface area contributed by atoms with Gasteiger partial charge < -0.3 is 20.9 Å². The molecule has 0 radical (unpaired) electrons. The third-order valence-corrected chi connectivity index (χ3v) is 7.09. The predicted molar refractivity (Wildman–Crippen MR) is 140 cm³/mol. The number of carbonyl (C=O) groups is 1. The van der Waals surface area contributed by atoms with Crippen molar-refractivity contribution in [3.8, 4) is 0 Å². The minimum atomic E-state index is -4.26. The second-order valence-corrected chi connectivity index (χ2v) is 12.1. The number of amides is 1. The third kappa shape index (κ3) is 8.99. The van der Waals surface area contributed by atoms with Crippen LogP contribution in [0.15, 0.2) is 53.4 Å². The van der Waals surface area contributed by atoms with Crippen LogP contribution in [0.3, 0.4) is 0 Å². The number of aliphatic hydroxyl groups is 1. The SMILES string of the molecule is CC(C)CN(C[C@@H](O)[C@H](Cc1ccccc1)NC(=O)OC(C)(C)C)S(=O)(=O)c1ccc(N)c([N+](=O)[O-])c1. The van der Waals surface area contributed by atoms with Gasteiger partial charge in [-0.1, -0.05) is 44.2 Å². The van der Waals surface area contributed by atoms with Crippen molar-refractivity contribution in [1.29, 1.82) is 0 Å². The number of benzene rings is 2. The highest BCUT2D eigenvalue weighted by Crippen LogP contribution is 2.27. The van der Waals surface area contributed by atoms with Crippen LogP contribution in [0.5, 0.6) is 0 Å². The molecule has 1 amide bonds. The minimum absolute atomic E-state index is 0.0298. The summed E-state index contributed by atoms with van der Waals surface area (Å²) in [6.45, 7) is 8.39. The Hall–Kier alpha value is -3.22. The van der Waals surface area contributed by atoms with E-state index in [4.69, 9.17) is 10.5 Å². The van der Waals surface area contributed by atoms with E-state index < -0.39 is 44.5 Å². The number of nitrogens with two attached hydrogens (primary N) is 1. The highest BCUT2D eigenvalue weighted by Gasteiger charge is 2.33. The Morgan fingerprint density at radius 3 is 2.32 bits per heavy atom. The van der Waals surface area contributed by atoms with Gasteiger partial charge in [0.1, 0.15) is 11.3 Å². The number of ether oxygens (including phenoxy) is 1. The number of nitro groups is 1. The molecular weight excluding hydrogens is 500 g/mol. The Morgan fingerprint density at radius 1 is 1.16 bits per heavy atom. The standard InChI is InChI=1S/C25H36N4O7S/c1-17(2)15-28(37(34,35)19-11-12-20(26)22(14-19)29(32)33)16-23(30)21(13-18-9-7-6-8-10-18)27-24(31)36-25(3,4)5/h6-12,14,17,21,23,30H,13,15-16,26H2,1-5H3,(H,27,31)/t21-,23+/m0/s1. The zero-order chi connectivity index (χ0) is 28.0. The lowest BCUT2D eigenvalue weighted by molar-refractivity contribution is -0.384. The fraction of sp³-hybridized carbons (Fsp3) is 0.480. The van der Waals surface area contributed by atoms with Crippen molar-refractivity contribution in [2.24, 2.45) is 5.92 Å². The number of rotatable bonds is 11. The van der Waals surface area contributed by atoms with Crippen molar-refractivity contribution in [2.75, 3.05) is 18.8 Å². The molecule has 12 heteroatoms. The second kappa shape index (κ2) is 12.3. The number of nitro benzene ring substituents is 1. The van der Waals surface area contributed by atoms with Crippen LogP contribution < -0.4 is 11.1 Å². The topological polar surface area (TPSA) is 165 Å². The molecule has 0 aliphatic heterocycles. The van der Waals surface area contributed by atoms with Gasteiger partial charge in [-0.15, -0.1) is 0 Å².